The van der Waals surface area contributed by atoms with Gasteiger partial charge < -0.3 is 4.74 Å². The van der Waals surface area contributed by atoms with Crippen molar-refractivity contribution in [3.8, 4) is 0 Å². The van der Waals surface area contributed by atoms with Gasteiger partial charge in [0.05, 0.1) is 24.9 Å². The van der Waals surface area contributed by atoms with Crippen molar-refractivity contribution in [2.24, 2.45) is 0 Å². The van der Waals surface area contributed by atoms with Gasteiger partial charge in [-0.3, -0.25) is 4.68 Å². The summed E-state index contributed by atoms with van der Waals surface area (Å²) in [6.45, 7) is 4.68. The van der Waals surface area contributed by atoms with Crippen molar-refractivity contribution in [3.05, 3.63) is 17.0 Å². The molecule has 3 heterocycles. The normalized spacial score (nSPS) is 23.2. The molecule has 2 aliphatic rings. The van der Waals surface area contributed by atoms with Gasteiger partial charge in [0.2, 0.25) is 0 Å². The van der Waals surface area contributed by atoms with E-state index in [1.807, 2.05) is 4.68 Å². The minimum absolute atomic E-state index is 0.181. The van der Waals surface area contributed by atoms with Crippen LogP contribution < -0.4 is 0 Å². The Balaban J connectivity index is 2.03. The number of rotatable bonds is 4. The lowest BCUT2D eigenvalue weighted by molar-refractivity contribution is 0.107. The highest BCUT2D eigenvalue weighted by atomic mass is 32.2. The quantitative estimate of drug-likeness (QED) is 0.827. The lowest BCUT2D eigenvalue weighted by Crippen LogP contribution is -2.45. The van der Waals surface area contributed by atoms with Crippen molar-refractivity contribution in [3.63, 3.8) is 0 Å². The van der Waals surface area contributed by atoms with E-state index in [0.717, 1.165) is 43.5 Å². The Kier molecular flexibility index (Phi) is 4.78. The van der Waals surface area contributed by atoms with E-state index in [9.17, 15) is 8.42 Å². The maximum absolute atomic E-state index is 12.7. The number of hydrogen-bond acceptors (Lipinski definition) is 4. The van der Waals surface area contributed by atoms with Crippen LogP contribution in [0.25, 0.3) is 0 Å². The Morgan fingerprint density at radius 3 is 2.83 bits per heavy atom. The van der Waals surface area contributed by atoms with Crippen LogP contribution in [0.2, 0.25) is 0 Å². The zero-order valence-corrected chi connectivity index (χ0v) is 15.0. The number of piperidine rings is 1. The number of ether oxygens (including phenoxy) is 1. The lowest BCUT2D eigenvalue weighted by Gasteiger charge is -2.35. The Morgan fingerprint density at radius 1 is 1.35 bits per heavy atom. The second kappa shape index (κ2) is 6.51. The molecule has 1 aromatic rings. The van der Waals surface area contributed by atoms with E-state index in [0.29, 0.717) is 19.8 Å². The van der Waals surface area contributed by atoms with Crippen molar-refractivity contribution in [2.45, 2.75) is 51.8 Å². The van der Waals surface area contributed by atoms with Crippen LogP contribution in [0, 0.1) is 0 Å². The molecule has 1 atom stereocenters. The minimum atomic E-state index is -3.44. The van der Waals surface area contributed by atoms with E-state index in [4.69, 9.17) is 9.84 Å². The summed E-state index contributed by atoms with van der Waals surface area (Å²) in [6.07, 6.45) is 3.60. The Hall–Kier alpha value is -0.960. The van der Waals surface area contributed by atoms with Crippen LogP contribution in [0.3, 0.4) is 0 Å². The van der Waals surface area contributed by atoms with Crippen molar-refractivity contribution in [1.29, 1.82) is 0 Å². The van der Waals surface area contributed by atoms with Crippen LogP contribution in [-0.4, -0.2) is 54.1 Å². The van der Waals surface area contributed by atoms with E-state index in [1.165, 1.54) is 10.00 Å². The summed E-state index contributed by atoms with van der Waals surface area (Å²) in [6, 6.07) is -0.181. The molecular weight excluding hydrogens is 316 g/mol. The van der Waals surface area contributed by atoms with Gasteiger partial charge in [-0.1, -0.05) is 6.42 Å². The van der Waals surface area contributed by atoms with Gasteiger partial charge in [-0.05, 0) is 19.8 Å². The van der Waals surface area contributed by atoms with E-state index >= 15 is 0 Å². The first-order chi connectivity index (χ1) is 11.0. The summed E-state index contributed by atoms with van der Waals surface area (Å²) in [7, 11) is -0.270. The first-order valence-corrected chi connectivity index (χ1v) is 9.72. The Morgan fingerprint density at radius 2 is 2.13 bits per heavy atom. The topological polar surface area (TPSA) is 67.7 Å². The molecule has 0 bridgehead atoms. The summed E-state index contributed by atoms with van der Waals surface area (Å²) in [5.74, 6) is 0. The molecule has 3 rings (SSSR count). The minimum Gasteiger partial charge on any atom is -0.376 e. The highest BCUT2D eigenvalue weighted by Crippen LogP contribution is 2.36. The summed E-state index contributed by atoms with van der Waals surface area (Å²) in [5.41, 5.74) is 3.21. The van der Waals surface area contributed by atoms with Gasteiger partial charge in [-0.15, -0.1) is 0 Å². The van der Waals surface area contributed by atoms with Crippen LogP contribution in [0.1, 0.15) is 49.2 Å². The van der Waals surface area contributed by atoms with Gasteiger partial charge in [-0.25, -0.2) is 0 Å². The smallest absolute Gasteiger partial charge is 0.282 e. The summed E-state index contributed by atoms with van der Waals surface area (Å²) in [5, 5.41) is 4.77. The molecule has 0 N–H and O–H groups in total. The van der Waals surface area contributed by atoms with Crippen molar-refractivity contribution in [1.82, 2.24) is 18.4 Å². The molecule has 0 spiro atoms. The van der Waals surface area contributed by atoms with Crippen LogP contribution >= 0.6 is 0 Å². The zero-order chi connectivity index (χ0) is 16.6. The van der Waals surface area contributed by atoms with Crippen molar-refractivity contribution >= 4 is 10.2 Å². The van der Waals surface area contributed by atoms with Gasteiger partial charge in [0.25, 0.3) is 10.2 Å². The maximum atomic E-state index is 12.7. The van der Waals surface area contributed by atoms with E-state index < -0.39 is 10.2 Å². The molecule has 1 aromatic heterocycles. The third kappa shape index (κ3) is 2.93. The Labute approximate surface area is 138 Å². The zero-order valence-electron chi connectivity index (χ0n) is 14.2. The molecule has 1 fully saturated rings. The average Bonchev–Trinajstić information content (AvgIpc) is 2.93. The van der Waals surface area contributed by atoms with Gasteiger partial charge in [0.1, 0.15) is 0 Å². The van der Waals surface area contributed by atoms with Crippen LogP contribution in [0.15, 0.2) is 0 Å². The third-order valence-electron chi connectivity index (χ3n) is 4.75. The molecule has 1 unspecified atom stereocenters. The van der Waals surface area contributed by atoms with E-state index in [-0.39, 0.29) is 6.04 Å². The first-order valence-electron chi connectivity index (χ1n) is 8.32. The highest BCUT2D eigenvalue weighted by molar-refractivity contribution is 7.86. The Bertz CT molecular complexity index is 669. The SMILES string of the molecule is CCn1nc(C2CCCCN2S(=O)(=O)N(C)C)c2c1CCOC2. The molecule has 23 heavy (non-hydrogen) atoms. The fraction of sp³-hybridized carbons (Fsp3) is 0.800. The van der Waals surface area contributed by atoms with Gasteiger partial charge in [-0.2, -0.15) is 22.1 Å². The van der Waals surface area contributed by atoms with Crippen LogP contribution in [0.5, 0.6) is 0 Å². The number of aromatic nitrogens is 2. The van der Waals surface area contributed by atoms with Crippen molar-refractivity contribution in [2.75, 3.05) is 27.2 Å². The largest absolute Gasteiger partial charge is 0.376 e. The molecule has 1 saturated heterocycles. The van der Waals surface area contributed by atoms with Crippen LogP contribution in [-0.2, 0) is 34.5 Å². The second-order valence-corrected chi connectivity index (χ2v) is 8.44. The average molecular weight is 342 g/mol. The fourth-order valence-electron chi connectivity index (χ4n) is 3.53. The number of hydrogen-bond donors (Lipinski definition) is 0. The lowest BCUT2D eigenvalue weighted by atomic mass is 9.97. The molecule has 0 aromatic carbocycles. The first kappa shape index (κ1) is 16.9. The second-order valence-electron chi connectivity index (χ2n) is 6.34. The molecule has 2 aliphatic heterocycles. The van der Waals surface area contributed by atoms with E-state index in [2.05, 4.69) is 6.92 Å². The highest BCUT2D eigenvalue weighted by Gasteiger charge is 2.38. The molecule has 130 valence electrons. The molecule has 0 radical (unpaired) electrons. The summed E-state index contributed by atoms with van der Waals surface area (Å²) < 4.78 is 36.0. The number of fused-ring (bicyclic) bond motifs is 1. The van der Waals surface area contributed by atoms with Gasteiger partial charge in [0.15, 0.2) is 0 Å². The third-order valence-corrected chi connectivity index (χ3v) is 6.71. The molecule has 7 nitrogen and oxygen atoms in total. The summed E-state index contributed by atoms with van der Waals surface area (Å²) in [4.78, 5) is 0. The van der Waals surface area contributed by atoms with Crippen molar-refractivity contribution < 1.29 is 13.2 Å². The number of aryl methyl sites for hydroxylation is 1. The maximum Gasteiger partial charge on any atom is 0.282 e. The van der Waals surface area contributed by atoms with Gasteiger partial charge >= 0.3 is 0 Å². The fourth-order valence-corrected chi connectivity index (χ4v) is 4.83. The molecule has 0 saturated carbocycles. The van der Waals surface area contributed by atoms with Crippen LogP contribution in [0.4, 0.5) is 0 Å². The predicted octanol–water partition coefficient (Wildman–Crippen LogP) is 1.31. The molecule has 8 heteroatoms. The molecular formula is C15H26N4O3S. The van der Waals surface area contributed by atoms with Gasteiger partial charge in [0, 0.05) is 44.9 Å². The molecule has 0 amide bonds. The number of nitrogens with zero attached hydrogens (tertiary/aromatic N) is 4. The summed E-state index contributed by atoms with van der Waals surface area (Å²) >= 11 is 0. The van der Waals surface area contributed by atoms with E-state index in [1.54, 1.807) is 18.4 Å². The standard InChI is InChI=1S/C15H26N4O3S/c1-4-18-13-8-10-22-11-12(13)15(16-18)14-7-5-6-9-19(14)23(20,21)17(2)3/h14H,4-11H2,1-3H3. The monoisotopic (exact) mass is 342 g/mol. The predicted molar refractivity (Wildman–Crippen MR) is 87.2 cm³/mol. The molecule has 0 aliphatic carbocycles.